The van der Waals surface area contributed by atoms with Crippen molar-refractivity contribution in [3.63, 3.8) is 0 Å². The van der Waals surface area contributed by atoms with E-state index in [0.717, 1.165) is 12.8 Å². The third kappa shape index (κ3) is 5.53. The van der Waals surface area contributed by atoms with Crippen LogP contribution in [-0.2, 0) is 9.47 Å². The Morgan fingerprint density at radius 1 is 1.18 bits per heavy atom. The summed E-state index contributed by atoms with van der Waals surface area (Å²) in [5.74, 6) is 0. The highest BCUT2D eigenvalue weighted by Crippen LogP contribution is 2.09. The molecule has 0 heterocycles. The topological polar surface area (TPSA) is 18.5 Å². The van der Waals surface area contributed by atoms with Gasteiger partial charge < -0.3 is 9.47 Å². The van der Waals surface area contributed by atoms with E-state index in [1.165, 1.54) is 0 Å². The van der Waals surface area contributed by atoms with Crippen LogP contribution in [0.3, 0.4) is 0 Å². The lowest BCUT2D eigenvalue weighted by molar-refractivity contribution is -0.148. The molecular formula is C8H17O2S. The SMILES string of the molecule is CCOC(CC)OC([S])CC. The van der Waals surface area contributed by atoms with Gasteiger partial charge in [-0.3, -0.25) is 0 Å². The van der Waals surface area contributed by atoms with E-state index in [9.17, 15) is 0 Å². The minimum Gasteiger partial charge on any atom is -0.353 e. The smallest absolute Gasteiger partial charge is 0.158 e. The van der Waals surface area contributed by atoms with Crippen LogP contribution in [0.25, 0.3) is 0 Å². The molecule has 0 aromatic carbocycles. The van der Waals surface area contributed by atoms with Gasteiger partial charge in [-0.05, 0) is 19.8 Å². The first-order chi connectivity index (χ1) is 5.24. The zero-order valence-corrected chi connectivity index (χ0v) is 8.32. The van der Waals surface area contributed by atoms with Crippen LogP contribution >= 0.6 is 12.6 Å². The van der Waals surface area contributed by atoms with Gasteiger partial charge in [0.05, 0.1) is 0 Å². The highest BCUT2D eigenvalue weighted by atomic mass is 32.1. The first kappa shape index (κ1) is 11.3. The Balaban J connectivity index is 3.49. The fraction of sp³-hybridized carbons (Fsp3) is 1.00. The average Bonchev–Trinajstić information content (AvgIpc) is 2.03. The molecule has 0 aliphatic heterocycles. The quantitative estimate of drug-likeness (QED) is 0.581. The van der Waals surface area contributed by atoms with Crippen molar-refractivity contribution in [2.45, 2.75) is 45.3 Å². The molecule has 0 saturated heterocycles. The van der Waals surface area contributed by atoms with E-state index in [0.29, 0.717) is 6.61 Å². The van der Waals surface area contributed by atoms with E-state index < -0.39 is 0 Å². The second-order valence-electron chi connectivity index (χ2n) is 2.27. The van der Waals surface area contributed by atoms with E-state index in [-0.39, 0.29) is 11.7 Å². The molecule has 67 valence electrons. The number of hydrogen-bond acceptors (Lipinski definition) is 2. The van der Waals surface area contributed by atoms with Crippen LogP contribution in [0.2, 0.25) is 0 Å². The Morgan fingerprint density at radius 3 is 2.18 bits per heavy atom. The largest absolute Gasteiger partial charge is 0.353 e. The first-order valence-corrected chi connectivity index (χ1v) is 4.64. The van der Waals surface area contributed by atoms with Crippen molar-refractivity contribution in [1.29, 1.82) is 0 Å². The maximum absolute atomic E-state index is 5.38. The lowest BCUT2D eigenvalue weighted by atomic mass is 10.4. The Kier molecular flexibility index (Phi) is 7.12. The zero-order valence-electron chi connectivity index (χ0n) is 7.50. The van der Waals surface area contributed by atoms with Crippen LogP contribution in [0.5, 0.6) is 0 Å². The molecule has 0 fully saturated rings. The van der Waals surface area contributed by atoms with E-state index >= 15 is 0 Å². The summed E-state index contributed by atoms with van der Waals surface area (Å²) >= 11 is 4.99. The molecule has 0 rings (SSSR count). The monoisotopic (exact) mass is 177 g/mol. The van der Waals surface area contributed by atoms with Crippen LogP contribution in [-0.4, -0.2) is 18.3 Å². The minimum absolute atomic E-state index is 0.105. The summed E-state index contributed by atoms with van der Waals surface area (Å²) in [5.41, 5.74) is -0.105. The van der Waals surface area contributed by atoms with Crippen molar-refractivity contribution < 1.29 is 9.47 Å². The maximum atomic E-state index is 5.38. The number of rotatable bonds is 6. The van der Waals surface area contributed by atoms with Crippen LogP contribution in [0.15, 0.2) is 0 Å². The molecule has 0 amide bonds. The molecule has 0 bridgehead atoms. The molecule has 0 aromatic heterocycles. The van der Waals surface area contributed by atoms with Gasteiger partial charge >= 0.3 is 0 Å². The van der Waals surface area contributed by atoms with Gasteiger partial charge in [-0.15, -0.1) is 0 Å². The van der Waals surface area contributed by atoms with Crippen molar-refractivity contribution >= 4 is 12.6 Å². The normalized spacial score (nSPS) is 16.4. The summed E-state index contributed by atoms with van der Waals surface area (Å²) in [6, 6.07) is 0. The third-order valence-electron chi connectivity index (χ3n) is 1.32. The van der Waals surface area contributed by atoms with Crippen molar-refractivity contribution in [3.05, 3.63) is 0 Å². The second-order valence-corrected chi connectivity index (χ2v) is 2.79. The Hall–Kier alpha value is 0.270. The average molecular weight is 177 g/mol. The van der Waals surface area contributed by atoms with E-state index in [1.54, 1.807) is 0 Å². The maximum Gasteiger partial charge on any atom is 0.158 e. The van der Waals surface area contributed by atoms with Gasteiger partial charge in [0.1, 0.15) is 5.44 Å². The van der Waals surface area contributed by atoms with Crippen molar-refractivity contribution in [1.82, 2.24) is 0 Å². The van der Waals surface area contributed by atoms with Crippen LogP contribution in [0.1, 0.15) is 33.6 Å². The van der Waals surface area contributed by atoms with Crippen LogP contribution < -0.4 is 0 Å². The van der Waals surface area contributed by atoms with Crippen molar-refractivity contribution in [2.24, 2.45) is 0 Å². The fourth-order valence-corrected chi connectivity index (χ4v) is 0.829. The van der Waals surface area contributed by atoms with Gasteiger partial charge in [0.15, 0.2) is 6.29 Å². The van der Waals surface area contributed by atoms with E-state index in [1.807, 2.05) is 20.8 Å². The lowest BCUT2D eigenvalue weighted by Gasteiger charge is -2.18. The summed E-state index contributed by atoms with van der Waals surface area (Å²) in [5, 5.41) is 0. The standard InChI is InChI=1S/C8H17O2S/c1-4-7(9-6-3)10-8(11)5-2/h7-8H,4-6H2,1-3H3. The Morgan fingerprint density at radius 2 is 1.82 bits per heavy atom. The Bertz CT molecular complexity index is 88.2. The Labute approximate surface area is 74.7 Å². The molecule has 0 aliphatic rings. The number of hydrogen-bond donors (Lipinski definition) is 0. The highest BCUT2D eigenvalue weighted by Gasteiger charge is 2.09. The van der Waals surface area contributed by atoms with Gasteiger partial charge in [0.25, 0.3) is 0 Å². The summed E-state index contributed by atoms with van der Waals surface area (Å²) in [4.78, 5) is 0. The van der Waals surface area contributed by atoms with Crippen molar-refractivity contribution in [2.75, 3.05) is 6.61 Å². The summed E-state index contributed by atoms with van der Waals surface area (Å²) < 4.78 is 10.7. The summed E-state index contributed by atoms with van der Waals surface area (Å²) in [6.45, 7) is 6.68. The molecular weight excluding hydrogens is 160 g/mol. The molecule has 0 spiro atoms. The molecule has 0 N–H and O–H groups in total. The van der Waals surface area contributed by atoms with Crippen LogP contribution in [0, 0.1) is 0 Å². The van der Waals surface area contributed by atoms with Gasteiger partial charge in [0, 0.05) is 6.61 Å². The van der Waals surface area contributed by atoms with Gasteiger partial charge in [0.2, 0.25) is 0 Å². The minimum atomic E-state index is -0.109. The summed E-state index contributed by atoms with van der Waals surface area (Å²) in [6.07, 6.45) is 1.61. The van der Waals surface area contributed by atoms with Crippen molar-refractivity contribution in [3.8, 4) is 0 Å². The summed E-state index contributed by atoms with van der Waals surface area (Å²) in [7, 11) is 0. The molecule has 0 aromatic rings. The molecule has 0 saturated carbocycles. The fourth-order valence-electron chi connectivity index (χ4n) is 0.705. The van der Waals surface area contributed by atoms with Crippen LogP contribution in [0.4, 0.5) is 0 Å². The zero-order chi connectivity index (χ0) is 8.69. The molecule has 2 nitrogen and oxygen atoms in total. The van der Waals surface area contributed by atoms with Gasteiger partial charge in [-0.1, -0.05) is 26.5 Å². The molecule has 1 radical (unpaired) electrons. The first-order valence-electron chi connectivity index (χ1n) is 4.17. The highest BCUT2D eigenvalue weighted by molar-refractivity contribution is 7.80. The predicted octanol–water partition coefficient (Wildman–Crippen LogP) is 2.71. The van der Waals surface area contributed by atoms with E-state index in [2.05, 4.69) is 0 Å². The molecule has 0 aliphatic carbocycles. The third-order valence-corrected chi connectivity index (χ3v) is 1.77. The second kappa shape index (κ2) is 6.95. The lowest BCUT2D eigenvalue weighted by Crippen LogP contribution is -2.20. The molecule has 2 atom stereocenters. The van der Waals surface area contributed by atoms with Gasteiger partial charge in [-0.25, -0.2) is 0 Å². The van der Waals surface area contributed by atoms with E-state index in [4.69, 9.17) is 22.1 Å². The number of ether oxygens (including phenoxy) is 2. The molecule has 11 heavy (non-hydrogen) atoms. The molecule has 2 unspecified atom stereocenters. The molecule has 3 heteroatoms. The predicted molar refractivity (Wildman–Crippen MR) is 48.5 cm³/mol. The van der Waals surface area contributed by atoms with Gasteiger partial charge in [-0.2, -0.15) is 0 Å².